The van der Waals surface area contributed by atoms with Gasteiger partial charge in [0.15, 0.2) is 11.9 Å². The highest BCUT2D eigenvalue weighted by molar-refractivity contribution is 5.81. The minimum Gasteiger partial charge on any atom is -0.356 e. The summed E-state index contributed by atoms with van der Waals surface area (Å²) in [6.07, 6.45) is 28.7. The van der Waals surface area contributed by atoms with Gasteiger partial charge in [0.05, 0.1) is 12.1 Å². The second kappa shape index (κ2) is 16.5. The summed E-state index contributed by atoms with van der Waals surface area (Å²) in [6, 6.07) is 2.61. The zero-order valence-electron chi connectivity index (χ0n) is 24.0. The average molecular weight is 515 g/mol. The molecule has 0 bridgehead atoms. The molecule has 6 heteroatoms. The van der Waals surface area contributed by atoms with E-state index in [2.05, 4.69) is 28.2 Å². The van der Waals surface area contributed by atoms with E-state index in [4.69, 9.17) is 9.98 Å². The van der Waals surface area contributed by atoms with Crippen molar-refractivity contribution < 1.29 is 0 Å². The van der Waals surface area contributed by atoms with Gasteiger partial charge in [-0.2, -0.15) is 0 Å². The summed E-state index contributed by atoms with van der Waals surface area (Å²) in [4.78, 5) is 10.5. The number of aliphatic imine (C=N–C) groups is 2. The van der Waals surface area contributed by atoms with Crippen LogP contribution in [-0.2, 0) is 0 Å². The number of rotatable bonds is 9. The smallest absolute Gasteiger partial charge is 0.191 e. The van der Waals surface area contributed by atoms with E-state index in [1.807, 2.05) is 0 Å². The van der Waals surface area contributed by atoms with Crippen LogP contribution in [0.15, 0.2) is 9.98 Å². The van der Waals surface area contributed by atoms with E-state index in [1.165, 1.54) is 128 Å². The average Bonchev–Trinajstić information content (AvgIpc) is 2.94. The Balaban J connectivity index is 1.32. The lowest BCUT2D eigenvalue weighted by atomic mass is 9.95. The molecular formula is C31H58N6. The van der Waals surface area contributed by atoms with Crippen LogP contribution in [0.1, 0.15) is 148 Å². The molecule has 37 heavy (non-hydrogen) atoms. The lowest BCUT2D eigenvalue weighted by Crippen LogP contribution is -2.50. The van der Waals surface area contributed by atoms with Gasteiger partial charge in [0.1, 0.15) is 0 Å². The second-order valence-electron chi connectivity index (χ2n) is 12.5. The van der Waals surface area contributed by atoms with E-state index in [1.54, 1.807) is 0 Å². The molecule has 4 aliphatic rings. The van der Waals surface area contributed by atoms with Crippen LogP contribution in [0.3, 0.4) is 0 Å². The molecule has 0 aromatic heterocycles. The first-order chi connectivity index (χ1) is 18.3. The number of hydrogen-bond donors (Lipinski definition) is 4. The predicted octanol–water partition coefficient (Wildman–Crippen LogP) is 6.56. The van der Waals surface area contributed by atoms with Crippen molar-refractivity contribution in [3.05, 3.63) is 0 Å². The van der Waals surface area contributed by atoms with Crippen molar-refractivity contribution in [1.29, 1.82) is 0 Å². The number of nitrogens with zero attached hydrogens (tertiary/aromatic N) is 2. The SMILES string of the molecule is CCC(CCNC(=NC1CCCCC1)NC1CCCCC1)NC(=NC1CCCCC1)NC1CCCCC1. The first-order valence-corrected chi connectivity index (χ1v) is 16.5. The van der Waals surface area contributed by atoms with Crippen LogP contribution in [0.2, 0.25) is 0 Å². The zero-order chi connectivity index (χ0) is 25.5. The van der Waals surface area contributed by atoms with Crippen molar-refractivity contribution in [2.45, 2.75) is 178 Å². The summed E-state index contributed by atoms with van der Waals surface area (Å²) in [5.41, 5.74) is 0. The van der Waals surface area contributed by atoms with Gasteiger partial charge < -0.3 is 21.3 Å². The highest BCUT2D eigenvalue weighted by atomic mass is 15.2. The molecule has 212 valence electrons. The Kier molecular flexibility index (Phi) is 12.7. The maximum atomic E-state index is 5.25. The molecule has 0 heterocycles. The number of guanidine groups is 2. The molecule has 0 aliphatic heterocycles. The quantitative estimate of drug-likeness (QED) is 0.208. The maximum Gasteiger partial charge on any atom is 0.191 e. The lowest BCUT2D eigenvalue weighted by Gasteiger charge is -2.29. The van der Waals surface area contributed by atoms with Crippen LogP contribution in [0.5, 0.6) is 0 Å². The van der Waals surface area contributed by atoms with Crippen LogP contribution in [0.25, 0.3) is 0 Å². The molecule has 1 atom stereocenters. The highest BCUT2D eigenvalue weighted by Gasteiger charge is 2.21. The monoisotopic (exact) mass is 514 g/mol. The van der Waals surface area contributed by atoms with E-state index in [-0.39, 0.29) is 0 Å². The Morgan fingerprint density at radius 2 is 1.03 bits per heavy atom. The second-order valence-corrected chi connectivity index (χ2v) is 12.5. The summed E-state index contributed by atoms with van der Waals surface area (Å²) in [7, 11) is 0. The zero-order valence-corrected chi connectivity index (χ0v) is 24.0. The van der Waals surface area contributed by atoms with Gasteiger partial charge >= 0.3 is 0 Å². The summed E-state index contributed by atoms with van der Waals surface area (Å²) < 4.78 is 0. The van der Waals surface area contributed by atoms with E-state index >= 15 is 0 Å². The molecule has 4 saturated carbocycles. The molecule has 1 unspecified atom stereocenters. The normalized spacial score (nSPS) is 25.0. The van der Waals surface area contributed by atoms with Gasteiger partial charge in [0, 0.05) is 24.7 Å². The molecule has 4 N–H and O–H groups in total. The molecule has 0 amide bonds. The Morgan fingerprint density at radius 3 is 1.51 bits per heavy atom. The van der Waals surface area contributed by atoms with Crippen LogP contribution < -0.4 is 21.3 Å². The molecule has 4 fully saturated rings. The Labute approximate surface area is 228 Å². The molecule has 4 aliphatic carbocycles. The van der Waals surface area contributed by atoms with Crippen molar-refractivity contribution in [2.24, 2.45) is 9.98 Å². The van der Waals surface area contributed by atoms with Gasteiger partial charge in [-0.3, -0.25) is 0 Å². The topological polar surface area (TPSA) is 72.8 Å². The van der Waals surface area contributed by atoms with Crippen molar-refractivity contribution in [3.8, 4) is 0 Å². The van der Waals surface area contributed by atoms with Crippen LogP contribution >= 0.6 is 0 Å². The van der Waals surface area contributed by atoms with Gasteiger partial charge in [0.25, 0.3) is 0 Å². The summed E-state index contributed by atoms with van der Waals surface area (Å²) >= 11 is 0. The lowest BCUT2D eigenvalue weighted by molar-refractivity contribution is 0.398. The molecule has 4 rings (SSSR count). The molecule has 0 spiro atoms. The van der Waals surface area contributed by atoms with Crippen molar-refractivity contribution in [3.63, 3.8) is 0 Å². The molecule has 0 aromatic carbocycles. The summed E-state index contributed by atoms with van der Waals surface area (Å²) in [5.74, 6) is 2.16. The van der Waals surface area contributed by atoms with E-state index in [0.29, 0.717) is 30.2 Å². The fraction of sp³-hybridized carbons (Fsp3) is 0.935. The third kappa shape index (κ3) is 10.7. The molecular weight excluding hydrogens is 456 g/mol. The fourth-order valence-corrected chi connectivity index (χ4v) is 6.85. The molecule has 0 saturated heterocycles. The Bertz CT molecular complexity index is 667. The molecule has 0 radical (unpaired) electrons. The summed E-state index contributed by atoms with van der Waals surface area (Å²) in [5, 5.41) is 15.3. The van der Waals surface area contributed by atoms with Crippen molar-refractivity contribution in [1.82, 2.24) is 21.3 Å². The number of hydrogen-bond acceptors (Lipinski definition) is 2. The Hall–Kier alpha value is -1.46. The largest absolute Gasteiger partial charge is 0.356 e. The standard InChI is InChI=1S/C31H58N6/c1-2-25(33-31(36-28-19-11-5-12-20-28)37-29-21-13-6-14-22-29)23-24-32-30(34-26-15-7-3-8-16-26)35-27-17-9-4-10-18-27/h25-29H,2-24H2,1H3,(H2,32,34,35)(H2,33,36,37). The van der Waals surface area contributed by atoms with Gasteiger partial charge in [-0.1, -0.05) is 84.0 Å². The highest BCUT2D eigenvalue weighted by Crippen LogP contribution is 2.22. The number of nitrogens with one attached hydrogen (secondary N) is 4. The van der Waals surface area contributed by atoms with Crippen LogP contribution in [-0.4, -0.2) is 48.7 Å². The third-order valence-corrected chi connectivity index (χ3v) is 9.28. The molecule has 0 aromatic rings. The fourth-order valence-electron chi connectivity index (χ4n) is 6.85. The van der Waals surface area contributed by atoms with Gasteiger partial charge in [-0.25, -0.2) is 9.98 Å². The van der Waals surface area contributed by atoms with Crippen molar-refractivity contribution >= 4 is 11.9 Å². The maximum absolute atomic E-state index is 5.25. The van der Waals surface area contributed by atoms with Gasteiger partial charge in [-0.05, 0) is 64.2 Å². The van der Waals surface area contributed by atoms with E-state index in [0.717, 1.165) is 31.3 Å². The van der Waals surface area contributed by atoms with Gasteiger partial charge in [0.2, 0.25) is 0 Å². The van der Waals surface area contributed by atoms with Crippen LogP contribution in [0, 0.1) is 0 Å². The minimum atomic E-state index is 0.427. The van der Waals surface area contributed by atoms with Crippen molar-refractivity contribution in [2.75, 3.05) is 6.54 Å². The first-order valence-electron chi connectivity index (χ1n) is 16.5. The third-order valence-electron chi connectivity index (χ3n) is 9.28. The molecule has 6 nitrogen and oxygen atoms in total. The summed E-state index contributed by atoms with van der Waals surface area (Å²) in [6.45, 7) is 3.27. The minimum absolute atomic E-state index is 0.427. The van der Waals surface area contributed by atoms with E-state index < -0.39 is 0 Å². The van der Waals surface area contributed by atoms with E-state index in [9.17, 15) is 0 Å². The van der Waals surface area contributed by atoms with Crippen LogP contribution in [0.4, 0.5) is 0 Å². The Morgan fingerprint density at radius 1 is 0.595 bits per heavy atom. The first kappa shape index (κ1) is 28.5. The van der Waals surface area contributed by atoms with Gasteiger partial charge in [-0.15, -0.1) is 0 Å². The predicted molar refractivity (Wildman–Crippen MR) is 158 cm³/mol.